The fourth-order valence-corrected chi connectivity index (χ4v) is 2.30. The van der Waals surface area contributed by atoms with Crippen molar-refractivity contribution in [1.29, 1.82) is 0 Å². The number of hydrogen-bond donors (Lipinski definition) is 2. The van der Waals surface area contributed by atoms with Gasteiger partial charge in [0.1, 0.15) is 0 Å². The average Bonchev–Trinajstić information content (AvgIpc) is 2.47. The van der Waals surface area contributed by atoms with Crippen LogP contribution in [0.4, 0.5) is 17.5 Å². The van der Waals surface area contributed by atoms with E-state index < -0.39 is 0 Å². The Kier molecular flexibility index (Phi) is 5.53. The third kappa shape index (κ3) is 5.20. The molecule has 0 amide bonds. The summed E-state index contributed by atoms with van der Waals surface area (Å²) in [6.07, 6.45) is 2.72. The molecule has 1 aromatic carbocycles. The zero-order valence-corrected chi connectivity index (χ0v) is 14.7. The van der Waals surface area contributed by atoms with Crippen molar-refractivity contribution in [2.24, 2.45) is 5.92 Å². The Morgan fingerprint density at radius 2 is 1.87 bits per heavy atom. The van der Waals surface area contributed by atoms with Gasteiger partial charge in [0.2, 0.25) is 5.95 Å². The summed E-state index contributed by atoms with van der Waals surface area (Å²) in [5, 5.41) is 14.7. The van der Waals surface area contributed by atoms with Gasteiger partial charge in [-0.2, -0.15) is 10.1 Å². The maximum absolute atomic E-state index is 4.49. The van der Waals surface area contributed by atoms with E-state index in [-0.39, 0.29) is 5.41 Å². The minimum absolute atomic E-state index is 0.0579. The van der Waals surface area contributed by atoms with Gasteiger partial charge in [0.15, 0.2) is 5.82 Å². The lowest BCUT2D eigenvalue weighted by molar-refractivity contribution is 0.592. The second-order valence-corrected chi connectivity index (χ2v) is 7.20. The molecule has 0 saturated heterocycles. The number of benzene rings is 1. The van der Waals surface area contributed by atoms with Crippen LogP contribution < -0.4 is 10.6 Å². The highest BCUT2D eigenvalue weighted by Crippen LogP contribution is 2.30. The Bertz CT molecular complexity index is 631. The molecule has 0 saturated carbocycles. The van der Waals surface area contributed by atoms with Gasteiger partial charge in [-0.25, -0.2) is 0 Å². The highest BCUT2D eigenvalue weighted by Gasteiger charge is 2.17. The number of para-hydroxylation sites is 1. The van der Waals surface area contributed by atoms with Crippen LogP contribution in [-0.4, -0.2) is 21.7 Å². The van der Waals surface area contributed by atoms with Gasteiger partial charge in [0.25, 0.3) is 0 Å². The number of anilines is 3. The normalized spacial score (nSPS) is 11.6. The van der Waals surface area contributed by atoms with Crippen LogP contribution in [0.1, 0.15) is 46.6 Å². The molecular weight excluding hydrogens is 286 g/mol. The maximum atomic E-state index is 4.49. The molecule has 0 unspecified atom stereocenters. The van der Waals surface area contributed by atoms with Crippen LogP contribution in [0.25, 0.3) is 0 Å². The fraction of sp³-hybridized carbons (Fsp3) is 0.500. The van der Waals surface area contributed by atoms with Crippen LogP contribution in [0.3, 0.4) is 0 Å². The van der Waals surface area contributed by atoms with Gasteiger partial charge in [-0.05, 0) is 29.4 Å². The molecule has 1 heterocycles. The topological polar surface area (TPSA) is 62.7 Å². The molecule has 0 spiro atoms. The maximum Gasteiger partial charge on any atom is 0.244 e. The summed E-state index contributed by atoms with van der Waals surface area (Å²) in [7, 11) is 0. The number of nitrogens with one attached hydrogen (secondary N) is 2. The molecule has 23 heavy (non-hydrogen) atoms. The summed E-state index contributed by atoms with van der Waals surface area (Å²) in [5.41, 5.74) is 2.35. The number of nitrogens with zero attached hydrogens (tertiary/aromatic N) is 3. The molecule has 2 aromatic rings. The van der Waals surface area contributed by atoms with E-state index in [1.54, 1.807) is 6.20 Å². The van der Waals surface area contributed by atoms with Gasteiger partial charge in [-0.15, -0.1) is 5.10 Å². The van der Waals surface area contributed by atoms with E-state index in [9.17, 15) is 0 Å². The molecule has 5 heteroatoms. The molecule has 124 valence electrons. The summed E-state index contributed by atoms with van der Waals surface area (Å²) >= 11 is 0. The number of rotatable bonds is 6. The molecule has 2 rings (SSSR count). The van der Waals surface area contributed by atoms with E-state index in [2.05, 4.69) is 78.6 Å². The average molecular weight is 313 g/mol. The van der Waals surface area contributed by atoms with Crippen molar-refractivity contribution in [3.05, 3.63) is 36.0 Å². The molecule has 5 nitrogen and oxygen atoms in total. The lowest BCUT2D eigenvalue weighted by Gasteiger charge is -2.23. The first-order valence-corrected chi connectivity index (χ1v) is 8.16. The van der Waals surface area contributed by atoms with Crippen LogP contribution in [0.2, 0.25) is 0 Å². The van der Waals surface area contributed by atoms with E-state index in [0.29, 0.717) is 17.7 Å². The van der Waals surface area contributed by atoms with Crippen molar-refractivity contribution in [3.8, 4) is 0 Å². The Morgan fingerprint density at radius 3 is 2.57 bits per heavy atom. The van der Waals surface area contributed by atoms with Crippen molar-refractivity contribution < 1.29 is 0 Å². The van der Waals surface area contributed by atoms with Crippen molar-refractivity contribution in [1.82, 2.24) is 15.2 Å². The third-order valence-electron chi connectivity index (χ3n) is 3.56. The van der Waals surface area contributed by atoms with E-state index >= 15 is 0 Å². The van der Waals surface area contributed by atoms with Gasteiger partial charge in [-0.1, -0.05) is 52.8 Å². The minimum atomic E-state index is 0.0579. The number of aromatic nitrogens is 3. The van der Waals surface area contributed by atoms with Crippen molar-refractivity contribution in [3.63, 3.8) is 0 Å². The van der Waals surface area contributed by atoms with Gasteiger partial charge in [0.05, 0.1) is 6.20 Å². The van der Waals surface area contributed by atoms with Crippen LogP contribution in [0.15, 0.2) is 30.5 Å². The SMILES string of the molecule is CC(C)CCNc1nncc(Nc2ccccc2C(C)(C)C)n1. The van der Waals surface area contributed by atoms with Crippen molar-refractivity contribution in [2.45, 2.75) is 46.5 Å². The first kappa shape index (κ1) is 17.2. The van der Waals surface area contributed by atoms with Crippen molar-refractivity contribution >= 4 is 17.5 Å². The standard InChI is InChI=1S/C18H27N5/c1-13(2)10-11-19-17-22-16(12-20-23-17)21-15-9-7-6-8-14(15)18(3,4)5/h6-9,12-13H,10-11H2,1-5H3,(H2,19,21,22,23). The van der Waals surface area contributed by atoms with Gasteiger partial charge in [0, 0.05) is 12.2 Å². The van der Waals surface area contributed by atoms with Crippen LogP contribution in [0.5, 0.6) is 0 Å². The quantitative estimate of drug-likeness (QED) is 0.829. The summed E-state index contributed by atoms with van der Waals surface area (Å²) in [6.45, 7) is 11.8. The second-order valence-electron chi connectivity index (χ2n) is 7.20. The zero-order chi connectivity index (χ0) is 16.9. The third-order valence-corrected chi connectivity index (χ3v) is 3.56. The smallest absolute Gasteiger partial charge is 0.244 e. The van der Waals surface area contributed by atoms with Crippen molar-refractivity contribution in [2.75, 3.05) is 17.2 Å². The molecule has 0 bridgehead atoms. The molecule has 1 aromatic heterocycles. The summed E-state index contributed by atoms with van der Waals surface area (Å²) in [4.78, 5) is 4.49. The van der Waals surface area contributed by atoms with E-state index in [1.807, 2.05) is 6.07 Å². The Balaban J connectivity index is 2.12. The summed E-state index contributed by atoms with van der Waals surface area (Å²) < 4.78 is 0. The predicted octanol–water partition coefficient (Wildman–Crippen LogP) is 4.37. The highest BCUT2D eigenvalue weighted by atomic mass is 15.3. The fourth-order valence-electron chi connectivity index (χ4n) is 2.30. The Morgan fingerprint density at radius 1 is 1.13 bits per heavy atom. The number of hydrogen-bond acceptors (Lipinski definition) is 5. The molecule has 0 aliphatic heterocycles. The molecule has 0 radical (unpaired) electrons. The molecule has 2 N–H and O–H groups in total. The van der Waals surface area contributed by atoms with Gasteiger partial charge < -0.3 is 10.6 Å². The molecule has 0 aliphatic rings. The van der Waals surface area contributed by atoms with Gasteiger partial charge >= 0.3 is 0 Å². The zero-order valence-electron chi connectivity index (χ0n) is 14.7. The Labute approximate surface area is 139 Å². The molecule has 0 fully saturated rings. The molecule has 0 atom stereocenters. The largest absolute Gasteiger partial charge is 0.353 e. The van der Waals surface area contributed by atoms with E-state index in [0.717, 1.165) is 18.7 Å². The lowest BCUT2D eigenvalue weighted by Crippen LogP contribution is -2.14. The van der Waals surface area contributed by atoms with Gasteiger partial charge in [-0.3, -0.25) is 0 Å². The van der Waals surface area contributed by atoms with Crippen LogP contribution in [0, 0.1) is 5.92 Å². The summed E-state index contributed by atoms with van der Waals surface area (Å²) in [5.74, 6) is 1.91. The molecular formula is C18H27N5. The molecule has 0 aliphatic carbocycles. The predicted molar refractivity (Wildman–Crippen MR) is 96.2 cm³/mol. The lowest BCUT2D eigenvalue weighted by atomic mass is 9.86. The second kappa shape index (κ2) is 7.40. The summed E-state index contributed by atoms with van der Waals surface area (Å²) in [6, 6.07) is 8.28. The van der Waals surface area contributed by atoms with Crippen LogP contribution in [-0.2, 0) is 5.41 Å². The Hall–Kier alpha value is -2.17. The first-order valence-electron chi connectivity index (χ1n) is 8.16. The first-order chi connectivity index (χ1) is 10.9. The minimum Gasteiger partial charge on any atom is -0.353 e. The monoisotopic (exact) mass is 313 g/mol. The van der Waals surface area contributed by atoms with Crippen LogP contribution >= 0.6 is 0 Å². The van der Waals surface area contributed by atoms with E-state index in [1.165, 1.54) is 5.56 Å². The highest BCUT2D eigenvalue weighted by molar-refractivity contribution is 5.62. The van der Waals surface area contributed by atoms with E-state index in [4.69, 9.17) is 0 Å².